The number of methoxy groups -OCH3 is 1. The number of hydrogen-bond acceptors (Lipinski definition) is 4. The summed E-state index contributed by atoms with van der Waals surface area (Å²) in [6, 6.07) is 7.88. The molecular formula is C25H33N5O2. The number of carbonyl (C=O) groups excluding carboxylic acids is 1. The molecule has 0 radical (unpaired) electrons. The summed E-state index contributed by atoms with van der Waals surface area (Å²) >= 11 is 0. The van der Waals surface area contributed by atoms with Crippen molar-refractivity contribution in [3.63, 3.8) is 0 Å². The summed E-state index contributed by atoms with van der Waals surface area (Å²) in [7, 11) is 3.61. The van der Waals surface area contributed by atoms with Gasteiger partial charge in [0.2, 0.25) is 5.91 Å². The van der Waals surface area contributed by atoms with E-state index < -0.39 is 0 Å². The zero-order chi connectivity index (χ0) is 23.0. The second-order valence-electron chi connectivity index (χ2n) is 9.59. The third-order valence-electron chi connectivity index (χ3n) is 6.59. The summed E-state index contributed by atoms with van der Waals surface area (Å²) in [5.41, 5.74) is 6.62. The van der Waals surface area contributed by atoms with Crippen molar-refractivity contribution in [3.8, 4) is 11.4 Å². The molecule has 1 amide bonds. The first-order valence-electron chi connectivity index (χ1n) is 11.2. The fraction of sp³-hybridized carbons (Fsp3) is 0.480. The van der Waals surface area contributed by atoms with Crippen molar-refractivity contribution in [2.75, 3.05) is 7.11 Å². The maximum Gasteiger partial charge on any atom is 0.220 e. The number of rotatable bonds is 6. The Balaban J connectivity index is 1.53. The van der Waals surface area contributed by atoms with E-state index in [0.29, 0.717) is 12.8 Å². The molecule has 1 atom stereocenters. The van der Waals surface area contributed by atoms with E-state index in [2.05, 4.69) is 36.3 Å². The number of carbonyl (C=O) groups is 1. The lowest BCUT2D eigenvalue weighted by Gasteiger charge is -2.36. The highest BCUT2D eigenvalue weighted by Gasteiger charge is 2.36. The third kappa shape index (κ3) is 4.29. The molecule has 3 aromatic rings. The molecule has 0 fully saturated rings. The van der Waals surface area contributed by atoms with E-state index in [1.54, 1.807) is 7.11 Å². The number of fused-ring (bicyclic) bond motifs is 1. The van der Waals surface area contributed by atoms with Crippen LogP contribution in [0.4, 0.5) is 0 Å². The van der Waals surface area contributed by atoms with Gasteiger partial charge in [-0.1, -0.05) is 13.8 Å². The lowest BCUT2D eigenvalue weighted by Crippen LogP contribution is -2.36. The van der Waals surface area contributed by atoms with E-state index >= 15 is 0 Å². The molecule has 1 aromatic carbocycles. The molecule has 0 saturated heterocycles. The van der Waals surface area contributed by atoms with Crippen LogP contribution < -0.4 is 10.1 Å². The van der Waals surface area contributed by atoms with Gasteiger partial charge < -0.3 is 10.1 Å². The van der Waals surface area contributed by atoms with Crippen LogP contribution in [-0.4, -0.2) is 32.6 Å². The lowest BCUT2D eigenvalue weighted by atomic mass is 9.74. The monoisotopic (exact) mass is 435 g/mol. The lowest BCUT2D eigenvalue weighted by molar-refractivity contribution is -0.122. The van der Waals surface area contributed by atoms with Gasteiger partial charge in [-0.2, -0.15) is 10.2 Å². The first kappa shape index (κ1) is 22.1. The van der Waals surface area contributed by atoms with Crippen molar-refractivity contribution < 1.29 is 9.53 Å². The van der Waals surface area contributed by atoms with Gasteiger partial charge in [-0.3, -0.25) is 9.48 Å². The molecule has 4 rings (SSSR count). The van der Waals surface area contributed by atoms with E-state index in [0.717, 1.165) is 46.9 Å². The Kier molecular flexibility index (Phi) is 5.84. The first-order chi connectivity index (χ1) is 15.2. The zero-order valence-corrected chi connectivity index (χ0v) is 19.9. The molecule has 0 bridgehead atoms. The average molecular weight is 436 g/mol. The van der Waals surface area contributed by atoms with Gasteiger partial charge in [-0.05, 0) is 68.4 Å². The van der Waals surface area contributed by atoms with Gasteiger partial charge in [0.15, 0.2) is 0 Å². The van der Waals surface area contributed by atoms with Gasteiger partial charge in [-0.15, -0.1) is 0 Å². The Morgan fingerprint density at radius 2 is 1.97 bits per heavy atom. The second-order valence-corrected chi connectivity index (χ2v) is 9.59. The molecule has 32 heavy (non-hydrogen) atoms. The van der Waals surface area contributed by atoms with Gasteiger partial charge in [0.1, 0.15) is 5.75 Å². The number of aryl methyl sites for hydroxylation is 2. The highest BCUT2D eigenvalue weighted by molar-refractivity contribution is 5.77. The summed E-state index contributed by atoms with van der Waals surface area (Å²) in [5.74, 6) is 0.887. The molecule has 0 spiro atoms. The standard InChI is InChI=1S/C25H33N5O2/c1-16-20(17(2)29(5)28-16)11-12-24(31)27-22-13-25(3,4)14-23-21(22)15-26-30(23)18-7-9-19(32-6)10-8-18/h7-10,15,22H,11-14H2,1-6H3,(H,27,31)/t22-/m0/s1. The molecule has 1 N–H and O–H groups in total. The molecule has 7 heteroatoms. The third-order valence-corrected chi connectivity index (χ3v) is 6.59. The van der Waals surface area contributed by atoms with Crippen LogP contribution in [0.2, 0.25) is 0 Å². The Morgan fingerprint density at radius 1 is 1.25 bits per heavy atom. The van der Waals surface area contributed by atoms with E-state index in [9.17, 15) is 4.79 Å². The summed E-state index contributed by atoms with van der Waals surface area (Å²) in [6.07, 6.45) is 4.87. The Labute approximate surface area is 189 Å². The number of aromatic nitrogens is 4. The van der Waals surface area contributed by atoms with Crippen molar-refractivity contribution >= 4 is 5.91 Å². The van der Waals surface area contributed by atoms with Crippen LogP contribution in [0, 0.1) is 19.3 Å². The summed E-state index contributed by atoms with van der Waals surface area (Å²) in [4.78, 5) is 12.9. The maximum absolute atomic E-state index is 12.9. The van der Waals surface area contributed by atoms with Crippen LogP contribution in [0.1, 0.15) is 60.9 Å². The molecule has 0 unspecified atom stereocenters. The minimum absolute atomic E-state index is 0.0376. The molecular weight excluding hydrogens is 402 g/mol. The van der Waals surface area contributed by atoms with E-state index in [1.807, 2.05) is 53.8 Å². The van der Waals surface area contributed by atoms with Crippen LogP contribution in [0.25, 0.3) is 5.69 Å². The maximum atomic E-state index is 12.9. The number of nitrogens with one attached hydrogen (secondary N) is 1. The van der Waals surface area contributed by atoms with Crippen LogP contribution in [-0.2, 0) is 24.7 Å². The largest absolute Gasteiger partial charge is 0.497 e. The quantitative estimate of drug-likeness (QED) is 0.635. The second kappa shape index (κ2) is 8.45. The Hall–Kier alpha value is -3.09. The fourth-order valence-corrected chi connectivity index (χ4v) is 4.80. The van der Waals surface area contributed by atoms with Crippen molar-refractivity contribution in [2.45, 2.75) is 59.4 Å². The minimum Gasteiger partial charge on any atom is -0.497 e. The molecule has 2 heterocycles. The molecule has 0 aliphatic heterocycles. The van der Waals surface area contributed by atoms with Crippen LogP contribution in [0.15, 0.2) is 30.5 Å². The normalized spacial score (nSPS) is 17.1. The van der Waals surface area contributed by atoms with Crippen LogP contribution in [0.5, 0.6) is 5.75 Å². The number of amides is 1. The Bertz CT molecular complexity index is 1120. The smallest absolute Gasteiger partial charge is 0.220 e. The predicted octanol–water partition coefficient (Wildman–Crippen LogP) is 3.99. The molecule has 170 valence electrons. The number of benzene rings is 1. The van der Waals surface area contributed by atoms with E-state index in [1.165, 1.54) is 5.56 Å². The van der Waals surface area contributed by atoms with Gasteiger partial charge in [0.05, 0.1) is 36.4 Å². The molecule has 7 nitrogen and oxygen atoms in total. The van der Waals surface area contributed by atoms with Crippen molar-refractivity contribution in [1.82, 2.24) is 24.9 Å². The van der Waals surface area contributed by atoms with Gasteiger partial charge in [0, 0.05) is 24.7 Å². The van der Waals surface area contributed by atoms with Gasteiger partial charge in [0.25, 0.3) is 0 Å². The van der Waals surface area contributed by atoms with Crippen molar-refractivity contribution in [1.29, 1.82) is 0 Å². The number of hydrogen-bond donors (Lipinski definition) is 1. The molecule has 2 aromatic heterocycles. The molecule has 0 saturated carbocycles. The molecule has 1 aliphatic rings. The summed E-state index contributed by atoms with van der Waals surface area (Å²) < 4.78 is 9.16. The van der Waals surface area contributed by atoms with Gasteiger partial charge in [-0.25, -0.2) is 4.68 Å². The summed E-state index contributed by atoms with van der Waals surface area (Å²) in [6.45, 7) is 8.56. The topological polar surface area (TPSA) is 74.0 Å². The van der Waals surface area contributed by atoms with Crippen molar-refractivity contribution in [2.24, 2.45) is 12.5 Å². The fourth-order valence-electron chi connectivity index (χ4n) is 4.80. The Morgan fingerprint density at radius 3 is 2.59 bits per heavy atom. The number of ether oxygens (including phenoxy) is 1. The zero-order valence-electron chi connectivity index (χ0n) is 19.9. The van der Waals surface area contributed by atoms with Crippen LogP contribution in [0.3, 0.4) is 0 Å². The molecule has 1 aliphatic carbocycles. The van der Waals surface area contributed by atoms with Crippen LogP contribution >= 0.6 is 0 Å². The predicted molar refractivity (Wildman–Crippen MR) is 124 cm³/mol. The average Bonchev–Trinajstić information content (AvgIpc) is 3.26. The van der Waals surface area contributed by atoms with Crippen molar-refractivity contribution in [3.05, 3.63) is 58.7 Å². The highest BCUT2D eigenvalue weighted by atomic mass is 16.5. The summed E-state index contributed by atoms with van der Waals surface area (Å²) in [5, 5.41) is 12.4. The first-order valence-corrected chi connectivity index (χ1v) is 11.2. The van der Waals surface area contributed by atoms with E-state index in [-0.39, 0.29) is 17.4 Å². The highest BCUT2D eigenvalue weighted by Crippen LogP contribution is 2.41. The minimum atomic E-state index is -0.0376. The SMILES string of the molecule is COc1ccc(-n2ncc3c2CC(C)(C)C[C@@H]3NC(=O)CCc2c(C)nn(C)c2C)cc1. The van der Waals surface area contributed by atoms with E-state index in [4.69, 9.17) is 4.74 Å². The van der Waals surface area contributed by atoms with Gasteiger partial charge >= 0.3 is 0 Å². The number of nitrogens with zero attached hydrogens (tertiary/aromatic N) is 4.